The fourth-order valence-corrected chi connectivity index (χ4v) is 2.23. The standard InChI is InChI=1S/C15H10INO5/c1-9-2-3-10(7-13(9)16)15(19)22-14-5-4-12(17(20)21)6-11(14)8-18/h2-8H,1H3. The molecule has 0 unspecified atom stereocenters. The number of rotatable bonds is 4. The summed E-state index contributed by atoms with van der Waals surface area (Å²) < 4.78 is 6.06. The van der Waals surface area contributed by atoms with E-state index >= 15 is 0 Å². The molecule has 0 saturated carbocycles. The molecule has 0 bridgehead atoms. The Morgan fingerprint density at radius 3 is 2.59 bits per heavy atom. The van der Waals surface area contributed by atoms with Crippen LogP contribution in [0.2, 0.25) is 0 Å². The van der Waals surface area contributed by atoms with Gasteiger partial charge in [0.2, 0.25) is 0 Å². The van der Waals surface area contributed by atoms with Crippen LogP contribution in [0.4, 0.5) is 5.69 Å². The van der Waals surface area contributed by atoms with E-state index in [-0.39, 0.29) is 17.0 Å². The molecule has 0 amide bonds. The number of aryl methyl sites for hydroxylation is 1. The molecular weight excluding hydrogens is 401 g/mol. The molecule has 0 N–H and O–H groups in total. The highest BCUT2D eigenvalue weighted by Gasteiger charge is 2.15. The van der Waals surface area contributed by atoms with Gasteiger partial charge in [-0.25, -0.2) is 4.79 Å². The first kappa shape index (κ1) is 16.1. The number of ether oxygens (including phenoxy) is 1. The number of halogens is 1. The zero-order valence-corrected chi connectivity index (χ0v) is 13.6. The van der Waals surface area contributed by atoms with Gasteiger partial charge in [-0.1, -0.05) is 6.07 Å². The Labute approximate surface area is 139 Å². The summed E-state index contributed by atoms with van der Waals surface area (Å²) >= 11 is 2.10. The molecular formula is C15H10INO5. The largest absolute Gasteiger partial charge is 0.422 e. The quantitative estimate of drug-likeness (QED) is 0.192. The number of esters is 1. The first-order chi connectivity index (χ1) is 10.4. The van der Waals surface area contributed by atoms with Crippen LogP contribution in [0.25, 0.3) is 0 Å². The second-order valence-electron chi connectivity index (χ2n) is 4.45. The van der Waals surface area contributed by atoms with E-state index in [4.69, 9.17) is 4.74 Å². The van der Waals surface area contributed by atoms with E-state index in [1.807, 2.05) is 6.92 Å². The predicted molar refractivity (Wildman–Crippen MR) is 87.3 cm³/mol. The van der Waals surface area contributed by atoms with Crippen molar-refractivity contribution < 1.29 is 19.2 Å². The second-order valence-corrected chi connectivity index (χ2v) is 5.61. The summed E-state index contributed by atoms with van der Waals surface area (Å²) in [6.07, 6.45) is 0.411. The minimum absolute atomic E-state index is 0.0128. The normalized spacial score (nSPS) is 10.1. The monoisotopic (exact) mass is 411 g/mol. The maximum absolute atomic E-state index is 12.1. The van der Waals surface area contributed by atoms with Gasteiger partial charge in [-0.2, -0.15) is 0 Å². The van der Waals surface area contributed by atoms with E-state index in [1.165, 1.54) is 12.1 Å². The lowest BCUT2D eigenvalue weighted by atomic mass is 10.1. The van der Waals surface area contributed by atoms with E-state index in [0.29, 0.717) is 11.8 Å². The number of nitro groups is 1. The van der Waals surface area contributed by atoms with Gasteiger partial charge < -0.3 is 4.74 Å². The Morgan fingerprint density at radius 2 is 2.00 bits per heavy atom. The second kappa shape index (κ2) is 6.65. The molecule has 0 aliphatic carbocycles. The highest BCUT2D eigenvalue weighted by molar-refractivity contribution is 14.1. The minimum Gasteiger partial charge on any atom is -0.422 e. The van der Waals surface area contributed by atoms with Gasteiger partial charge in [0.25, 0.3) is 5.69 Å². The third kappa shape index (κ3) is 3.48. The van der Waals surface area contributed by atoms with Crippen LogP contribution in [0.3, 0.4) is 0 Å². The van der Waals surface area contributed by atoms with Gasteiger partial charge in [0.1, 0.15) is 5.75 Å². The van der Waals surface area contributed by atoms with Crippen molar-refractivity contribution in [3.05, 3.63) is 66.8 Å². The van der Waals surface area contributed by atoms with Gasteiger partial charge in [-0.05, 0) is 53.3 Å². The van der Waals surface area contributed by atoms with E-state index in [9.17, 15) is 19.7 Å². The molecule has 0 fully saturated rings. The summed E-state index contributed by atoms with van der Waals surface area (Å²) in [7, 11) is 0. The molecule has 0 heterocycles. The number of hydrogen-bond acceptors (Lipinski definition) is 5. The van der Waals surface area contributed by atoms with Crippen LogP contribution < -0.4 is 4.74 Å². The summed E-state index contributed by atoms with van der Waals surface area (Å²) in [5, 5.41) is 10.7. The first-order valence-electron chi connectivity index (χ1n) is 6.14. The molecule has 0 atom stereocenters. The van der Waals surface area contributed by atoms with Gasteiger partial charge in [0.05, 0.1) is 16.1 Å². The SMILES string of the molecule is Cc1ccc(C(=O)Oc2ccc([N+](=O)[O-])cc2C=O)cc1I. The molecule has 0 aliphatic rings. The molecule has 0 aromatic heterocycles. The van der Waals surface area contributed by atoms with Gasteiger partial charge in [-0.15, -0.1) is 0 Å². The number of benzene rings is 2. The van der Waals surface area contributed by atoms with Crippen molar-refractivity contribution in [3.63, 3.8) is 0 Å². The molecule has 112 valence electrons. The van der Waals surface area contributed by atoms with Crippen molar-refractivity contribution in [1.82, 2.24) is 0 Å². The molecule has 2 aromatic rings. The number of nitro benzene ring substituents is 1. The van der Waals surface area contributed by atoms with Crippen LogP contribution in [0.15, 0.2) is 36.4 Å². The predicted octanol–water partition coefficient (Wildman–Crippen LogP) is 3.54. The number of carbonyl (C=O) groups excluding carboxylic acids is 2. The summed E-state index contributed by atoms with van der Waals surface area (Å²) in [5.41, 5.74) is 1.07. The van der Waals surface area contributed by atoms with Crippen molar-refractivity contribution in [2.75, 3.05) is 0 Å². The van der Waals surface area contributed by atoms with Gasteiger partial charge in [-0.3, -0.25) is 14.9 Å². The van der Waals surface area contributed by atoms with Crippen LogP contribution in [0, 0.1) is 20.6 Å². The van der Waals surface area contributed by atoms with Crippen LogP contribution in [0.1, 0.15) is 26.3 Å². The lowest BCUT2D eigenvalue weighted by molar-refractivity contribution is -0.384. The van der Waals surface area contributed by atoms with E-state index in [0.717, 1.165) is 15.2 Å². The van der Waals surface area contributed by atoms with Crippen LogP contribution in [-0.2, 0) is 0 Å². The molecule has 0 radical (unpaired) electrons. The molecule has 0 spiro atoms. The zero-order valence-electron chi connectivity index (χ0n) is 11.4. The van der Waals surface area contributed by atoms with Gasteiger partial charge in [0.15, 0.2) is 6.29 Å². The Hall–Kier alpha value is -2.29. The lowest BCUT2D eigenvalue weighted by Gasteiger charge is -2.07. The fraction of sp³-hybridized carbons (Fsp3) is 0.0667. The molecule has 22 heavy (non-hydrogen) atoms. The van der Waals surface area contributed by atoms with Crippen LogP contribution in [0.5, 0.6) is 5.75 Å². The third-order valence-electron chi connectivity index (χ3n) is 2.94. The van der Waals surface area contributed by atoms with Crippen molar-refractivity contribution in [2.45, 2.75) is 6.92 Å². The van der Waals surface area contributed by atoms with Crippen LogP contribution in [-0.4, -0.2) is 17.2 Å². The molecule has 0 aliphatic heterocycles. The van der Waals surface area contributed by atoms with Gasteiger partial charge >= 0.3 is 5.97 Å². The number of nitrogens with zero attached hydrogens (tertiary/aromatic N) is 1. The Bertz CT molecular complexity index is 773. The summed E-state index contributed by atoms with van der Waals surface area (Å²) in [6.45, 7) is 1.91. The molecule has 0 saturated heterocycles. The Kier molecular flexibility index (Phi) is 4.86. The summed E-state index contributed by atoms with van der Waals surface area (Å²) in [5.74, 6) is -0.643. The maximum Gasteiger partial charge on any atom is 0.343 e. The minimum atomic E-state index is -0.630. The zero-order chi connectivity index (χ0) is 16.3. The van der Waals surface area contributed by atoms with E-state index < -0.39 is 10.9 Å². The van der Waals surface area contributed by atoms with Crippen molar-refractivity contribution >= 4 is 40.5 Å². The van der Waals surface area contributed by atoms with E-state index in [2.05, 4.69) is 22.6 Å². The highest BCUT2D eigenvalue weighted by Crippen LogP contribution is 2.24. The molecule has 2 rings (SSSR count). The molecule has 6 nitrogen and oxygen atoms in total. The highest BCUT2D eigenvalue weighted by atomic mass is 127. The van der Waals surface area contributed by atoms with Crippen molar-refractivity contribution in [2.24, 2.45) is 0 Å². The number of aldehydes is 1. The van der Waals surface area contributed by atoms with E-state index in [1.54, 1.807) is 18.2 Å². The topological polar surface area (TPSA) is 86.5 Å². The maximum atomic E-state index is 12.1. The summed E-state index contributed by atoms with van der Waals surface area (Å²) in [4.78, 5) is 33.1. The summed E-state index contributed by atoms with van der Waals surface area (Å²) in [6, 6.07) is 8.55. The smallest absolute Gasteiger partial charge is 0.343 e. The molecule has 2 aromatic carbocycles. The molecule has 7 heteroatoms. The average Bonchev–Trinajstić information content (AvgIpc) is 2.50. The Balaban J connectivity index is 2.29. The van der Waals surface area contributed by atoms with Crippen molar-refractivity contribution in [3.8, 4) is 5.75 Å². The average molecular weight is 411 g/mol. The van der Waals surface area contributed by atoms with Gasteiger partial charge in [0, 0.05) is 15.7 Å². The fourth-order valence-electron chi connectivity index (χ4n) is 1.71. The van der Waals surface area contributed by atoms with Crippen LogP contribution >= 0.6 is 22.6 Å². The number of hydrogen-bond donors (Lipinski definition) is 0. The number of non-ortho nitro benzene ring substituents is 1. The first-order valence-corrected chi connectivity index (χ1v) is 7.22. The Morgan fingerprint density at radius 1 is 1.27 bits per heavy atom. The number of carbonyl (C=O) groups is 2. The van der Waals surface area contributed by atoms with Crippen molar-refractivity contribution in [1.29, 1.82) is 0 Å². The third-order valence-corrected chi connectivity index (χ3v) is 4.10. The lowest BCUT2D eigenvalue weighted by Crippen LogP contribution is -2.10.